The third-order valence-electron chi connectivity index (χ3n) is 1.66. The third kappa shape index (κ3) is 1.45. The minimum atomic E-state index is 0.412. The van der Waals surface area contributed by atoms with Crippen LogP contribution in [0.5, 0.6) is 0 Å². The molecule has 0 spiro atoms. The minimum absolute atomic E-state index is 0.412. The van der Waals surface area contributed by atoms with E-state index in [1.54, 1.807) is 12.5 Å². The molecule has 0 radical (unpaired) electrons. The van der Waals surface area contributed by atoms with Gasteiger partial charge in [-0.25, -0.2) is 9.66 Å². The van der Waals surface area contributed by atoms with Crippen LogP contribution in [0.4, 0.5) is 0 Å². The Morgan fingerprint density at radius 3 is 3.00 bits per heavy atom. The van der Waals surface area contributed by atoms with Gasteiger partial charge < -0.3 is 10.4 Å². The first-order valence-corrected chi connectivity index (χ1v) is 4.05. The molecule has 0 aromatic carbocycles. The average Bonchev–Trinajstić information content (AvgIpc) is 2.71. The summed E-state index contributed by atoms with van der Waals surface area (Å²) in [6, 6.07) is 0. The van der Waals surface area contributed by atoms with Crippen molar-refractivity contribution in [1.29, 1.82) is 0 Å². The Morgan fingerprint density at radius 1 is 1.62 bits per heavy atom. The first-order chi connectivity index (χ1) is 6.27. The largest absolute Gasteiger partial charge is 0.335 e. The van der Waals surface area contributed by atoms with Gasteiger partial charge >= 0.3 is 0 Å². The molecule has 2 heterocycles. The highest BCUT2D eigenvalue weighted by molar-refractivity contribution is 7.71. The fourth-order valence-electron chi connectivity index (χ4n) is 0.992. The maximum absolute atomic E-state index is 5.60. The Morgan fingerprint density at radius 2 is 2.46 bits per heavy atom. The number of hydrogen-bond acceptors (Lipinski definition) is 4. The number of aromatic nitrogens is 5. The number of H-pyrrole nitrogens is 1. The van der Waals surface area contributed by atoms with E-state index < -0.39 is 0 Å². The van der Waals surface area contributed by atoms with Gasteiger partial charge in [-0.15, -0.1) is 0 Å². The number of rotatable bonds is 2. The SMILES string of the molecule is Nn1c(Cn2ccnc2)n[nH]c1=S. The van der Waals surface area contributed by atoms with Crippen molar-refractivity contribution in [3.8, 4) is 0 Å². The molecule has 0 aliphatic carbocycles. The van der Waals surface area contributed by atoms with Crippen molar-refractivity contribution in [2.45, 2.75) is 6.54 Å². The molecule has 0 saturated carbocycles. The molecule has 0 amide bonds. The van der Waals surface area contributed by atoms with E-state index in [1.807, 2.05) is 10.8 Å². The second kappa shape index (κ2) is 3.02. The summed E-state index contributed by atoms with van der Waals surface area (Å²) in [5.74, 6) is 6.27. The van der Waals surface area contributed by atoms with E-state index in [1.165, 1.54) is 4.68 Å². The van der Waals surface area contributed by atoms with Crippen molar-refractivity contribution in [2.24, 2.45) is 0 Å². The van der Waals surface area contributed by atoms with Gasteiger partial charge in [-0.2, -0.15) is 5.10 Å². The highest BCUT2D eigenvalue weighted by atomic mass is 32.1. The van der Waals surface area contributed by atoms with Gasteiger partial charge in [0.2, 0.25) is 4.77 Å². The Labute approximate surface area is 79.0 Å². The van der Waals surface area contributed by atoms with Gasteiger partial charge in [0.1, 0.15) is 0 Å². The second-order valence-electron chi connectivity index (χ2n) is 2.55. The van der Waals surface area contributed by atoms with Crippen LogP contribution in [0.15, 0.2) is 18.7 Å². The zero-order valence-corrected chi connectivity index (χ0v) is 7.53. The first-order valence-electron chi connectivity index (χ1n) is 3.64. The van der Waals surface area contributed by atoms with Crippen LogP contribution in [0.25, 0.3) is 0 Å². The number of nitrogens with one attached hydrogen (secondary N) is 1. The fourth-order valence-corrected chi connectivity index (χ4v) is 1.14. The molecule has 6 nitrogen and oxygen atoms in total. The molecule has 0 aliphatic rings. The van der Waals surface area contributed by atoms with Crippen molar-refractivity contribution in [3.05, 3.63) is 29.3 Å². The number of nitrogens with two attached hydrogens (primary N) is 1. The quantitative estimate of drug-likeness (QED) is 0.519. The van der Waals surface area contributed by atoms with Crippen molar-refractivity contribution in [3.63, 3.8) is 0 Å². The summed E-state index contributed by atoms with van der Waals surface area (Å²) in [7, 11) is 0. The number of hydrogen-bond donors (Lipinski definition) is 2. The van der Waals surface area contributed by atoms with Crippen molar-refractivity contribution >= 4 is 12.2 Å². The highest BCUT2D eigenvalue weighted by Crippen LogP contribution is 1.96. The molecule has 7 heteroatoms. The van der Waals surface area contributed by atoms with Crippen LogP contribution in [0, 0.1) is 4.77 Å². The lowest BCUT2D eigenvalue weighted by molar-refractivity contribution is 0.712. The van der Waals surface area contributed by atoms with Gasteiger partial charge in [-0.05, 0) is 12.2 Å². The zero-order chi connectivity index (χ0) is 9.26. The van der Waals surface area contributed by atoms with E-state index in [4.69, 9.17) is 18.1 Å². The molecule has 2 aromatic rings. The van der Waals surface area contributed by atoms with E-state index in [2.05, 4.69) is 15.2 Å². The standard InChI is InChI=1S/C6H8N6S/c7-12-5(9-10-6(12)13)3-11-2-1-8-4-11/h1-2,4H,3,7H2,(H,10,13). The summed E-state index contributed by atoms with van der Waals surface area (Å²) in [6.45, 7) is 0.559. The van der Waals surface area contributed by atoms with Gasteiger partial charge in [-0.3, -0.25) is 5.10 Å². The van der Waals surface area contributed by atoms with Gasteiger partial charge in [0.25, 0.3) is 0 Å². The molecule has 0 aliphatic heterocycles. The monoisotopic (exact) mass is 196 g/mol. The number of aromatic amines is 1. The average molecular weight is 196 g/mol. The van der Waals surface area contributed by atoms with E-state index in [0.717, 1.165) is 0 Å². The summed E-state index contributed by atoms with van der Waals surface area (Å²) >= 11 is 4.86. The highest BCUT2D eigenvalue weighted by Gasteiger charge is 2.02. The zero-order valence-electron chi connectivity index (χ0n) is 6.71. The lowest BCUT2D eigenvalue weighted by Gasteiger charge is -1.99. The van der Waals surface area contributed by atoms with E-state index >= 15 is 0 Å². The summed E-state index contributed by atoms with van der Waals surface area (Å²) in [4.78, 5) is 3.90. The molecular weight excluding hydrogens is 188 g/mol. The summed E-state index contributed by atoms with van der Waals surface area (Å²) < 4.78 is 3.61. The third-order valence-corrected chi connectivity index (χ3v) is 1.95. The van der Waals surface area contributed by atoms with Crippen molar-refractivity contribution in [2.75, 3.05) is 5.84 Å². The first kappa shape index (κ1) is 7.99. The molecular formula is C6H8N6S. The van der Waals surface area contributed by atoms with Crippen LogP contribution in [0.3, 0.4) is 0 Å². The van der Waals surface area contributed by atoms with Crippen LogP contribution in [-0.4, -0.2) is 24.4 Å². The van der Waals surface area contributed by atoms with Crippen LogP contribution < -0.4 is 5.84 Å². The number of nitrogens with zero attached hydrogens (tertiary/aromatic N) is 4. The molecule has 3 N–H and O–H groups in total. The summed E-state index contributed by atoms with van der Waals surface area (Å²) in [5.41, 5.74) is 0. The lowest BCUT2D eigenvalue weighted by Crippen LogP contribution is -2.14. The van der Waals surface area contributed by atoms with Crippen molar-refractivity contribution in [1.82, 2.24) is 24.4 Å². The molecule has 2 rings (SSSR count). The van der Waals surface area contributed by atoms with E-state index in [-0.39, 0.29) is 0 Å². The smallest absolute Gasteiger partial charge is 0.214 e. The topological polar surface area (TPSA) is 77.4 Å². The van der Waals surface area contributed by atoms with Gasteiger partial charge in [0.05, 0.1) is 12.9 Å². The van der Waals surface area contributed by atoms with Gasteiger partial charge in [0, 0.05) is 12.4 Å². The number of imidazole rings is 1. The predicted octanol–water partition coefficient (Wildman–Crippen LogP) is -0.101. The van der Waals surface area contributed by atoms with Crippen LogP contribution in [0.1, 0.15) is 5.82 Å². The minimum Gasteiger partial charge on any atom is -0.335 e. The Balaban J connectivity index is 2.29. The predicted molar refractivity (Wildman–Crippen MR) is 48.9 cm³/mol. The number of nitrogen functional groups attached to an aromatic ring is 1. The van der Waals surface area contributed by atoms with E-state index in [9.17, 15) is 0 Å². The van der Waals surface area contributed by atoms with Crippen LogP contribution in [0.2, 0.25) is 0 Å². The van der Waals surface area contributed by atoms with Crippen molar-refractivity contribution < 1.29 is 0 Å². The lowest BCUT2D eigenvalue weighted by atomic mass is 10.6. The molecule has 0 unspecified atom stereocenters. The van der Waals surface area contributed by atoms with Crippen LogP contribution >= 0.6 is 12.2 Å². The molecule has 0 fully saturated rings. The van der Waals surface area contributed by atoms with Gasteiger partial charge in [0.15, 0.2) is 5.82 Å². The Hall–Kier alpha value is -1.63. The summed E-state index contributed by atoms with van der Waals surface area (Å²) in [6.07, 6.45) is 5.22. The normalized spacial score (nSPS) is 10.5. The van der Waals surface area contributed by atoms with Gasteiger partial charge in [-0.1, -0.05) is 0 Å². The maximum Gasteiger partial charge on any atom is 0.214 e. The maximum atomic E-state index is 5.60. The summed E-state index contributed by atoms with van der Waals surface area (Å²) in [5, 5.41) is 6.57. The molecule has 13 heavy (non-hydrogen) atoms. The molecule has 0 saturated heterocycles. The molecule has 0 bridgehead atoms. The van der Waals surface area contributed by atoms with E-state index in [0.29, 0.717) is 17.1 Å². The Kier molecular flexibility index (Phi) is 1.85. The molecule has 2 aromatic heterocycles. The second-order valence-corrected chi connectivity index (χ2v) is 2.94. The molecule has 68 valence electrons. The fraction of sp³-hybridized carbons (Fsp3) is 0.167. The molecule has 0 atom stereocenters. The van der Waals surface area contributed by atoms with Crippen LogP contribution in [-0.2, 0) is 6.54 Å². The Bertz CT molecular complexity index is 438.